The summed E-state index contributed by atoms with van der Waals surface area (Å²) in [6, 6.07) is 61.7. The normalized spacial score (nSPS) is 21.3. The van der Waals surface area contributed by atoms with E-state index in [0.29, 0.717) is 0 Å². The first-order valence-corrected chi connectivity index (χ1v) is 27.4. The van der Waals surface area contributed by atoms with Gasteiger partial charge >= 0.3 is 47.8 Å². The third kappa shape index (κ3) is 15.2. The molecule has 0 saturated carbocycles. The molecular weight excluding hydrogens is 1120 g/mol. The standard InChI is InChI=1S/C68H54O19/c69-59(43-25-9-1-10-26-43)77-41-51-53(81-61(71)45-29-13-3-14-30-45)55(82-62(72)46-31-15-4-16-32-46)57(84-64(74)48-35-19-6-20-36-48)67(79-51)86-54-52(42-78-60(70)44-27-11-2-12-28-44)80-68(87-66(76)50-39-23-8-24-40-50)58(85-65(75)49-37-21-7-22-38-49)56(54)83-63(73)47-33-17-5-18-34-47/h1-40,51-58,67-68H,41-42H2/t51?,52?,53-,54+,55+,56?,57?,58?,67-,68-/m0/s1. The van der Waals surface area contributed by atoms with E-state index in [-0.39, 0.29) is 44.5 Å². The van der Waals surface area contributed by atoms with Crippen LogP contribution in [0.1, 0.15) is 82.9 Å². The molecule has 87 heavy (non-hydrogen) atoms. The summed E-state index contributed by atoms with van der Waals surface area (Å²) in [6.45, 7) is -1.58. The summed E-state index contributed by atoms with van der Waals surface area (Å²) in [4.78, 5) is 115. The van der Waals surface area contributed by atoms with Crippen LogP contribution in [-0.2, 0) is 52.1 Å². The molecule has 19 heteroatoms. The third-order valence-corrected chi connectivity index (χ3v) is 13.7. The molecule has 440 valence electrons. The molecule has 0 N–H and O–H groups in total. The molecule has 8 aromatic carbocycles. The van der Waals surface area contributed by atoms with E-state index in [1.807, 2.05) is 0 Å². The predicted octanol–water partition coefficient (Wildman–Crippen LogP) is 9.52. The maximum Gasteiger partial charge on any atom is 0.340 e. The van der Waals surface area contributed by atoms with E-state index < -0.39 is 122 Å². The molecule has 0 bridgehead atoms. The Morgan fingerprint density at radius 2 is 0.460 bits per heavy atom. The zero-order chi connectivity index (χ0) is 60.5. The smallest absolute Gasteiger partial charge is 0.340 e. The molecule has 0 radical (unpaired) electrons. The van der Waals surface area contributed by atoms with Crippen LogP contribution in [0.3, 0.4) is 0 Å². The quantitative estimate of drug-likeness (QED) is 0.0510. The highest BCUT2D eigenvalue weighted by Gasteiger charge is 2.59. The Morgan fingerprint density at radius 1 is 0.241 bits per heavy atom. The predicted molar refractivity (Wildman–Crippen MR) is 306 cm³/mol. The molecule has 0 aliphatic carbocycles. The second kappa shape index (κ2) is 28.8. The second-order valence-corrected chi connectivity index (χ2v) is 19.6. The van der Waals surface area contributed by atoms with Gasteiger partial charge in [0.05, 0.1) is 44.5 Å². The van der Waals surface area contributed by atoms with Crippen molar-refractivity contribution in [3.8, 4) is 0 Å². The lowest BCUT2D eigenvalue weighted by Gasteiger charge is -2.48. The number of benzene rings is 8. The molecule has 0 amide bonds. The molecule has 5 unspecified atom stereocenters. The molecular formula is C68H54O19. The van der Waals surface area contributed by atoms with Gasteiger partial charge in [0.15, 0.2) is 30.7 Å². The van der Waals surface area contributed by atoms with Gasteiger partial charge in [-0.15, -0.1) is 0 Å². The average molecular weight is 1180 g/mol. The summed E-state index contributed by atoms with van der Waals surface area (Å²) in [5.74, 6) is -7.88. The lowest BCUT2D eigenvalue weighted by atomic mass is 9.95. The van der Waals surface area contributed by atoms with Crippen LogP contribution in [0.15, 0.2) is 243 Å². The molecule has 10 atom stereocenters. The molecule has 2 aliphatic heterocycles. The molecule has 10 rings (SSSR count). The number of ether oxygens (including phenoxy) is 11. The molecule has 2 aliphatic rings. The minimum atomic E-state index is -2.13. The first kappa shape index (κ1) is 59.6. The minimum absolute atomic E-state index is 0.00860. The maximum atomic E-state index is 14.7. The average Bonchev–Trinajstić information content (AvgIpc) is 1.99. The minimum Gasteiger partial charge on any atom is -0.459 e. The zero-order valence-electron chi connectivity index (χ0n) is 46.0. The Hall–Kier alpha value is -10.6. The molecule has 0 spiro atoms. The SMILES string of the molecule is O=C(OCC1O[C@@H](OC(=O)c2ccccc2)C(OC(=O)c2ccccc2)C(OC(=O)c2ccccc2)[C@@H]1O[C@@H]1OC(COC(=O)c2ccccc2)[C@H](OC(=O)c2ccccc2)[C@@H](OC(=O)c2ccccc2)C1OC(=O)c1ccccc1)c1ccccc1. The van der Waals surface area contributed by atoms with Gasteiger partial charge in [-0.3, -0.25) is 0 Å². The van der Waals surface area contributed by atoms with Crippen molar-refractivity contribution in [2.75, 3.05) is 13.2 Å². The van der Waals surface area contributed by atoms with Crippen molar-refractivity contribution in [1.82, 2.24) is 0 Å². The number of rotatable bonds is 20. The van der Waals surface area contributed by atoms with E-state index in [1.165, 1.54) is 97.1 Å². The van der Waals surface area contributed by atoms with Gasteiger partial charge in [0.2, 0.25) is 12.4 Å². The van der Waals surface area contributed by atoms with Crippen molar-refractivity contribution in [3.05, 3.63) is 287 Å². The van der Waals surface area contributed by atoms with Gasteiger partial charge in [-0.05, 0) is 97.1 Å². The van der Waals surface area contributed by atoms with Crippen molar-refractivity contribution in [2.45, 2.75) is 61.4 Å². The topological polar surface area (TPSA) is 238 Å². The largest absolute Gasteiger partial charge is 0.459 e. The van der Waals surface area contributed by atoms with E-state index in [2.05, 4.69) is 0 Å². The molecule has 2 heterocycles. The summed E-state index contributed by atoms with van der Waals surface area (Å²) >= 11 is 0. The molecule has 2 saturated heterocycles. The summed E-state index contributed by atoms with van der Waals surface area (Å²) in [7, 11) is 0. The Kier molecular flexibility index (Phi) is 19.7. The second-order valence-electron chi connectivity index (χ2n) is 19.6. The van der Waals surface area contributed by atoms with Gasteiger partial charge in [-0.1, -0.05) is 146 Å². The number of carbonyl (C=O) groups excluding carboxylic acids is 8. The van der Waals surface area contributed by atoms with E-state index in [1.54, 1.807) is 146 Å². The Bertz CT molecular complexity index is 3620. The van der Waals surface area contributed by atoms with Gasteiger partial charge < -0.3 is 52.1 Å². The van der Waals surface area contributed by atoms with Crippen LogP contribution < -0.4 is 0 Å². The summed E-state index contributed by atoms with van der Waals surface area (Å²) in [5.41, 5.74) is 0.168. The van der Waals surface area contributed by atoms with Crippen LogP contribution in [0.2, 0.25) is 0 Å². The Labute approximate surface area is 498 Å². The highest BCUT2D eigenvalue weighted by atomic mass is 16.8. The Morgan fingerprint density at radius 3 is 0.770 bits per heavy atom. The fraction of sp³-hybridized carbons (Fsp3) is 0.176. The maximum absolute atomic E-state index is 14.7. The van der Waals surface area contributed by atoms with E-state index in [4.69, 9.17) is 52.1 Å². The molecule has 2 fully saturated rings. The highest BCUT2D eigenvalue weighted by Crippen LogP contribution is 2.37. The summed E-state index contributed by atoms with van der Waals surface area (Å²) in [6.07, 6.45) is -19.4. The number of esters is 8. The van der Waals surface area contributed by atoms with Crippen molar-refractivity contribution in [2.24, 2.45) is 0 Å². The van der Waals surface area contributed by atoms with E-state index in [0.717, 1.165) is 0 Å². The van der Waals surface area contributed by atoms with Crippen molar-refractivity contribution >= 4 is 47.8 Å². The summed E-state index contributed by atoms with van der Waals surface area (Å²) in [5, 5.41) is 0. The zero-order valence-corrected chi connectivity index (χ0v) is 46.0. The Balaban J connectivity index is 1.14. The lowest BCUT2D eigenvalue weighted by molar-refractivity contribution is -0.351. The van der Waals surface area contributed by atoms with Crippen LogP contribution in [-0.4, -0.2) is 122 Å². The van der Waals surface area contributed by atoms with Crippen molar-refractivity contribution in [3.63, 3.8) is 0 Å². The van der Waals surface area contributed by atoms with Crippen LogP contribution >= 0.6 is 0 Å². The van der Waals surface area contributed by atoms with Crippen LogP contribution in [0, 0.1) is 0 Å². The third-order valence-electron chi connectivity index (χ3n) is 13.7. The van der Waals surface area contributed by atoms with Crippen molar-refractivity contribution < 1.29 is 90.5 Å². The van der Waals surface area contributed by atoms with E-state index in [9.17, 15) is 38.4 Å². The first-order chi connectivity index (χ1) is 42.5. The lowest BCUT2D eigenvalue weighted by Crippen LogP contribution is -2.67. The highest BCUT2D eigenvalue weighted by molar-refractivity contribution is 5.93. The molecule has 0 aromatic heterocycles. The van der Waals surface area contributed by atoms with Crippen LogP contribution in [0.25, 0.3) is 0 Å². The van der Waals surface area contributed by atoms with Gasteiger partial charge in [0.25, 0.3) is 0 Å². The fourth-order valence-corrected chi connectivity index (χ4v) is 9.42. The van der Waals surface area contributed by atoms with Gasteiger partial charge in [0.1, 0.15) is 31.5 Å². The van der Waals surface area contributed by atoms with Gasteiger partial charge in [0, 0.05) is 0 Å². The van der Waals surface area contributed by atoms with E-state index >= 15 is 0 Å². The molecule has 19 nitrogen and oxygen atoms in total. The molecule has 8 aromatic rings. The van der Waals surface area contributed by atoms with Crippen molar-refractivity contribution in [1.29, 1.82) is 0 Å². The number of hydrogen-bond acceptors (Lipinski definition) is 19. The van der Waals surface area contributed by atoms with Gasteiger partial charge in [-0.25, -0.2) is 38.4 Å². The first-order valence-electron chi connectivity index (χ1n) is 27.4. The fourth-order valence-electron chi connectivity index (χ4n) is 9.42. The number of carbonyl (C=O) groups is 8. The summed E-state index contributed by atoms with van der Waals surface area (Å²) < 4.78 is 69.7. The number of hydrogen-bond donors (Lipinski definition) is 0. The van der Waals surface area contributed by atoms with Crippen LogP contribution in [0.5, 0.6) is 0 Å². The monoisotopic (exact) mass is 1170 g/mol. The van der Waals surface area contributed by atoms with Gasteiger partial charge in [-0.2, -0.15) is 0 Å². The van der Waals surface area contributed by atoms with Crippen LogP contribution in [0.4, 0.5) is 0 Å².